The lowest BCUT2D eigenvalue weighted by Crippen LogP contribution is -2.30. The molecular formula is C24H27NO4. The Morgan fingerprint density at radius 3 is 2.55 bits per heavy atom. The molecule has 1 N–H and O–H groups in total. The van der Waals surface area contributed by atoms with Gasteiger partial charge in [-0.3, -0.25) is 9.59 Å². The van der Waals surface area contributed by atoms with Gasteiger partial charge in [0.1, 0.15) is 11.5 Å². The molecule has 2 aromatic rings. The molecule has 0 saturated carbocycles. The van der Waals surface area contributed by atoms with Crippen LogP contribution in [-0.2, 0) is 9.59 Å². The van der Waals surface area contributed by atoms with Crippen LogP contribution in [0.15, 0.2) is 54.1 Å². The third-order valence-electron chi connectivity index (χ3n) is 5.19. The van der Waals surface area contributed by atoms with Crippen LogP contribution in [0.25, 0.3) is 5.76 Å². The molecule has 5 nitrogen and oxygen atoms in total. The van der Waals surface area contributed by atoms with E-state index in [1.54, 1.807) is 29.2 Å². The van der Waals surface area contributed by atoms with Gasteiger partial charge in [-0.15, -0.1) is 0 Å². The van der Waals surface area contributed by atoms with Gasteiger partial charge in [-0.1, -0.05) is 49.7 Å². The minimum Gasteiger partial charge on any atom is -0.507 e. The van der Waals surface area contributed by atoms with Gasteiger partial charge in [0.05, 0.1) is 18.2 Å². The van der Waals surface area contributed by atoms with Crippen LogP contribution in [0.3, 0.4) is 0 Å². The van der Waals surface area contributed by atoms with Crippen molar-refractivity contribution in [2.45, 2.75) is 39.7 Å². The molecule has 1 aliphatic heterocycles. The summed E-state index contributed by atoms with van der Waals surface area (Å²) < 4.78 is 5.52. The Bertz CT molecular complexity index is 947. The summed E-state index contributed by atoms with van der Waals surface area (Å²) in [6, 6.07) is 14.0. The average Bonchev–Trinajstić information content (AvgIpc) is 2.97. The first-order valence-corrected chi connectivity index (χ1v) is 10.1. The van der Waals surface area contributed by atoms with Gasteiger partial charge in [-0.25, -0.2) is 0 Å². The summed E-state index contributed by atoms with van der Waals surface area (Å²) in [5.41, 5.74) is 2.41. The summed E-state index contributed by atoms with van der Waals surface area (Å²) >= 11 is 0. The molecule has 1 aliphatic rings. The van der Waals surface area contributed by atoms with Crippen LogP contribution < -0.4 is 4.74 Å². The highest BCUT2D eigenvalue weighted by atomic mass is 16.5. The van der Waals surface area contributed by atoms with Crippen LogP contribution in [0, 0.1) is 6.92 Å². The highest BCUT2D eigenvalue weighted by Crippen LogP contribution is 2.40. The first kappa shape index (κ1) is 20.6. The van der Waals surface area contributed by atoms with Crippen molar-refractivity contribution in [1.29, 1.82) is 0 Å². The molecular weight excluding hydrogens is 366 g/mol. The molecule has 0 radical (unpaired) electrons. The number of Topliss-reactive ketones (excluding diaryl/α,β-unsaturated/α-hetero) is 1. The van der Waals surface area contributed by atoms with Crippen LogP contribution >= 0.6 is 0 Å². The maximum absolute atomic E-state index is 13.0. The van der Waals surface area contributed by atoms with E-state index in [1.165, 1.54) is 0 Å². The number of carbonyl (C=O) groups is 2. The third kappa shape index (κ3) is 4.04. The zero-order valence-electron chi connectivity index (χ0n) is 17.1. The first-order valence-electron chi connectivity index (χ1n) is 10.1. The van der Waals surface area contributed by atoms with Crippen LogP contribution in [0.5, 0.6) is 5.75 Å². The second kappa shape index (κ2) is 8.95. The van der Waals surface area contributed by atoms with Crippen LogP contribution in [0.4, 0.5) is 0 Å². The third-order valence-corrected chi connectivity index (χ3v) is 5.19. The van der Waals surface area contributed by atoms with Gasteiger partial charge < -0.3 is 14.7 Å². The normalized spacial score (nSPS) is 18.3. The van der Waals surface area contributed by atoms with Gasteiger partial charge in [0.15, 0.2) is 0 Å². The number of aliphatic hydroxyl groups excluding tert-OH is 1. The van der Waals surface area contributed by atoms with E-state index in [4.69, 9.17) is 4.74 Å². The Morgan fingerprint density at radius 1 is 1.10 bits per heavy atom. The van der Waals surface area contributed by atoms with Crippen LogP contribution in [0.1, 0.15) is 49.4 Å². The van der Waals surface area contributed by atoms with Gasteiger partial charge >= 0.3 is 0 Å². The Labute approximate surface area is 171 Å². The molecule has 1 saturated heterocycles. The Morgan fingerprint density at radius 2 is 1.86 bits per heavy atom. The maximum atomic E-state index is 13.0. The summed E-state index contributed by atoms with van der Waals surface area (Å²) in [7, 11) is 0. The quantitative estimate of drug-likeness (QED) is 0.424. The molecule has 0 bridgehead atoms. The molecule has 29 heavy (non-hydrogen) atoms. The first-order chi connectivity index (χ1) is 14.0. The zero-order chi connectivity index (χ0) is 21.0. The van der Waals surface area contributed by atoms with Gasteiger partial charge in [-0.2, -0.15) is 0 Å². The maximum Gasteiger partial charge on any atom is 0.295 e. The second-order valence-corrected chi connectivity index (χ2v) is 7.16. The van der Waals surface area contributed by atoms with E-state index in [2.05, 4.69) is 0 Å². The number of carbonyl (C=O) groups excluding carboxylic acids is 2. The average molecular weight is 393 g/mol. The molecule has 152 valence electrons. The minimum atomic E-state index is -0.645. The topological polar surface area (TPSA) is 66.8 Å². The number of likely N-dealkylation sites (tertiary alicyclic amines) is 1. The van der Waals surface area contributed by atoms with Crippen molar-refractivity contribution in [3.8, 4) is 5.75 Å². The number of rotatable bonds is 7. The SMILES string of the molecule is CCCCN1C(=O)C(=O)/C(=C(/O)c2cccc(OCC)c2)C1c1ccccc1C. The van der Waals surface area contributed by atoms with Gasteiger partial charge in [0.25, 0.3) is 11.7 Å². The molecule has 1 atom stereocenters. The van der Waals surface area contributed by atoms with E-state index in [1.807, 2.05) is 45.0 Å². The number of aliphatic hydroxyl groups is 1. The Balaban J connectivity index is 2.16. The summed E-state index contributed by atoms with van der Waals surface area (Å²) in [4.78, 5) is 27.4. The van der Waals surface area contributed by atoms with E-state index < -0.39 is 17.7 Å². The van der Waals surface area contributed by atoms with Gasteiger partial charge in [0, 0.05) is 12.1 Å². The Kier molecular flexibility index (Phi) is 6.37. The van der Waals surface area contributed by atoms with Crippen LogP contribution in [0.2, 0.25) is 0 Å². The van der Waals surface area contributed by atoms with E-state index >= 15 is 0 Å². The molecule has 0 aromatic heterocycles. The summed E-state index contributed by atoms with van der Waals surface area (Å²) in [5.74, 6) is -0.774. The largest absolute Gasteiger partial charge is 0.507 e. The molecule has 1 amide bonds. The highest BCUT2D eigenvalue weighted by Gasteiger charge is 2.46. The lowest BCUT2D eigenvalue weighted by Gasteiger charge is -2.26. The Hall–Kier alpha value is -3.08. The van der Waals surface area contributed by atoms with Crippen molar-refractivity contribution in [3.63, 3.8) is 0 Å². The summed E-state index contributed by atoms with van der Waals surface area (Å²) in [5, 5.41) is 11.1. The number of hydrogen-bond donors (Lipinski definition) is 1. The number of unbranched alkanes of at least 4 members (excludes halogenated alkanes) is 1. The number of amides is 1. The second-order valence-electron chi connectivity index (χ2n) is 7.16. The lowest BCUT2D eigenvalue weighted by atomic mass is 9.92. The van der Waals surface area contributed by atoms with Crippen molar-refractivity contribution >= 4 is 17.4 Å². The fraction of sp³-hybridized carbons (Fsp3) is 0.333. The van der Waals surface area contributed by atoms with Crippen molar-refractivity contribution in [1.82, 2.24) is 4.90 Å². The molecule has 3 rings (SSSR count). The van der Waals surface area contributed by atoms with E-state index in [0.717, 1.165) is 24.0 Å². The molecule has 1 unspecified atom stereocenters. The smallest absolute Gasteiger partial charge is 0.295 e. The monoisotopic (exact) mass is 393 g/mol. The van der Waals surface area contributed by atoms with Crippen molar-refractivity contribution in [2.75, 3.05) is 13.2 Å². The number of hydrogen-bond acceptors (Lipinski definition) is 4. The molecule has 0 spiro atoms. The molecule has 5 heteroatoms. The van der Waals surface area contributed by atoms with Crippen molar-refractivity contribution < 1.29 is 19.4 Å². The minimum absolute atomic E-state index is 0.133. The molecule has 0 aliphatic carbocycles. The number of aryl methyl sites for hydroxylation is 1. The lowest BCUT2D eigenvalue weighted by molar-refractivity contribution is -0.139. The summed E-state index contributed by atoms with van der Waals surface area (Å²) in [6.07, 6.45) is 1.69. The van der Waals surface area contributed by atoms with E-state index in [9.17, 15) is 14.7 Å². The number of ketones is 1. The summed E-state index contributed by atoms with van der Waals surface area (Å²) in [6.45, 7) is 6.83. The molecule has 1 heterocycles. The van der Waals surface area contributed by atoms with Crippen molar-refractivity contribution in [2.24, 2.45) is 0 Å². The molecule has 1 fully saturated rings. The van der Waals surface area contributed by atoms with Crippen molar-refractivity contribution in [3.05, 3.63) is 70.8 Å². The number of nitrogens with zero attached hydrogens (tertiary/aromatic N) is 1. The van der Waals surface area contributed by atoms with Crippen LogP contribution in [-0.4, -0.2) is 34.8 Å². The highest BCUT2D eigenvalue weighted by molar-refractivity contribution is 6.46. The predicted octanol–water partition coefficient (Wildman–Crippen LogP) is 4.62. The number of benzene rings is 2. The van der Waals surface area contributed by atoms with E-state index in [0.29, 0.717) is 24.5 Å². The zero-order valence-corrected chi connectivity index (χ0v) is 17.1. The van der Waals surface area contributed by atoms with E-state index in [-0.39, 0.29) is 11.3 Å². The van der Waals surface area contributed by atoms with Gasteiger partial charge in [-0.05, 0) is 43.5 Å². The fourth-order valence-electron chi connectivity index (χ4n) is 3.71. The fourth-order valence-corrected chi connectivity index (χ4v) is 3.71. The predicted molar refractivity (Wildman–Crippen MR) is 113 cm³/mol. The number of ether oxygens (including phenoxy) is 1. The molecule has 2 aromatic carbocycles. The standard InChI is InChI=1S/C24H27NO4/c1-4-6-14-25-21(19-13-8-7-10-16(19)3)20(23(27)24(25)28)22(26)17-11-9-12-18(15-17)29-5-2/h7-13,15,21,26H,4-6,14H2,1-3H3/b22-20+. The van der Waals surface area contributed by atoms with Gasteiger partial charge in [0.2, 0.25) is 0 Å².